The average molecular weight is 591 g/mol. The largest absolute Gasteiger partial charge is 0.495 e. The van der Waals surface area contributed by atoms with Crippen molar-refractivity contribution < 1.29 is 23.4 Å². The third-order valence-electron chi connectivity index (χ3n) is 6.68. The second-order valence-electron chi connectivity index (χ2n) is 9.71. The van der Waals surface area contributed by atoms with E-state index in [-0.39, 0.29) is 23.5 Å². The predicted molar refractivity (Wildman–Crippen MR) is 157 cm³/mol. The predicted octanol–water partition coefficient (Wildman–Crippen LogP) is 4.03. The third kappa shape index (κ3) is 6.77. The first-order valence-corrected chi connectivity index (χ1v) is 15.0. The van der Waals surface area contributed by atoms with Crippen molar-refractivity contribution in [3.05, 3.63) is 72.6 Å². The number of nitriles is 1. The average Bonchev–Trinajstić information content (AvgIpc) is 3.50. The summed E-state index contributed by atoms with van der Waals surface area (Å²) in [4.78, 5) is 27.4. The van der Waals surface area contributed by atoms with Crippen molar-refractivity contribution in [2.45, 2.75) is 19.6 Å². The van der Waals surface area contributed by atoms with E-state index in [1.165, 1.54) is 13.4 Å². The number of carbonyl (C=O) groups excluding carboxylic acids is 1. The molecular formula is C28H30N8O5S. The number of rotatable bonds is 9. The van der Waals surface area contributed by atoms with Crippen LogP contribution in [0.25, 0.3) is 11.1 Å². The molecule has 0 spiro atoms. The molecule has 13 nitrogen and oxygen atoms in total. The molecule has 1 saturated heterocycles. The third-order valence-corrected chi connectivity index (χ3v) is 8.36. The first kappa shape index (κ1) is 28.8. The van der Waals surface area contributed by atoms with Gasteiger partial charge < -0.3 is 19.7 Å². The van der Waals surface area contributed by atoms with E-state index in [0.29, 0.717) is 53.9 Å². The molecule has 5 rings (SSSR count). The van der Waals surface area contributed by atoms with E-state index in [0.717, 1.165) is 11.1 Å². The zero-order valence-electron chi connectivity index (χ0n) is 23.0. The highest BCUT2D eigenvalue weighted by Gasteiger charge is 2.26. The molecule has 0 radical (unpaired) electrons. The van der Waals surface area contributed by atoms with Crippen LogP contribution in [0.5, 0.6) is 11.5 Å². The van der Waals surface area contributed by atoms with Crippen LogP contribution in [0.15, 0.2) is 61.4 Å². The van der Waals surface area contributed by atoms with Crippen LogP contribution in [-0.4, -0.2) is 82.5 Å². The van der Waals surface area contributed by atoms with E-state index < -0.39 is 10.6 Å². The first-order valence-electron chi connectivity index (χ1n) is 13.1. The molecule has 3 heterocycles. The Bertz CT molecular complexity index is 1580. The van der Waals surface area contributed by atoms with Crippen LogP contribution in [0.4, 0.5) is 11.6 Å². The summed E-state index contributed by atoms with van der Waals surface area (Å²) in [6.45, 7) is 2.95. The maximum atomic E-state index is 13.0. The van der Waals surface area contributed by atoms with E-state index in [1.54, 1.807) is 58.6 Å². The minimum absolute atomic E-state index is 0.183. The number of hydrogen-bond acceptors (Lipinski definition) is 11. The lowest BCUT2D eigenvalue weighted by atomic mass is 10.1. The minimum Gasteiger partial charge on any atom is -0.495 e. The fourth-order valence-corrected chi connectivity index (χ4v) is 5.67. The quantitative estimate of drug-likeness (QED) is 0.257. The van der Waals surface area contributed by atoms with Gasteiger partial charge in [-0.05, 0) is 42.8 Å². The van der Waals surface area contributed by atoms with Crippen LogP contribution in [0.1, 0.15) is 22.8 Å². The maximum absolute atomic E-state index is 13.0. The summed E-state index contributed by atoms with van der Waals surface area (Å²) in [7, 11) is -1.09. The van der Waals surface area contributed by atoms with Gasteiger partial charge in [0.25, 0.3) is 5.91 Å². The van der Waals surface area contributed by atoms with E-state index in [9.17, 15) is 19.2 Å². The number of nitrogens with zero attached hydrogens (tertiary/aromatic N) is 7. The zero-order valence-corrected chi connectivity index (χ0v) is 23.9. The second kappa shape index (κ2) is 12.4. The van der Waals surface area contributed by atoms with Crippen molar-refractivity contribution in [3.63, 3.8) is 0 Å². The number of aromatic nitrogens is 5. The van der Waals surface area contributed by atoms with Gasteiger partial charge in [-0.15, -0.1) is 0 Å². The minimum atomic E-state index is -2.59. The fourth-order valence-electron chi connectivity index (χ4n) is 4.44. The van der Waals surface area contributed by atoms with Gasteiger partial charge in [0, 0.05) is 36.6 Å². The first-order chi connectivity index (χ1) is 20.2. The van der Waals surface area contributed by atoms with Crippen LogP contribution in [-0.2, 0) is 6.54 Å². The molecule has 1 atom stereocenters. The van der Waals surface area contributed by atoms with Gasteiger partial charge in [0.15, 0.2) is 0 Å². The Labute approximate surface area is 244 Å². The molecule has 1 aliphatic rings. The summed E-state index contributed by atoms with van der Waals surface area (Å²) in [6, 6.07) is 12.5. The van der Waals surface area contributed by atoms with E-state index in [1.807, 2.05) is 13.0 Å². The summed E-state index contributed by atoms with van der Waals surface area (Å²) in [5, 5.41) is 16.8. The van der Waals surface area contributed by atoms with Crippen LogP contribution in [0.2, 0.25) is 0 Å². The number of amides is 1. The van der Waals surface area contributed by atoms with Gasteiger partial charge in [-0.25, -0.2) is 19.6 Å². The van der Waals surface area contributed by atoms with Gasteiger partial charge in [-0.1, -0.05) is 6.07 Å². The number of carbonyl (C=O) groups is 1. The molecule has 218 valence electrons. The molecule has 2 aromatic heterocycles. The Morgan fingerprint density at radius 1 is 1.12 bits per heavy atom. The Morgan fingerprint density at radius 2 is 1.88 bits per heavy atom. The SMILES string of the molecule is COc1cc(C(=O)N2CCS(O)(O)CC2)ccc1Nc1ncc(-c2ccc(C#N)c(O[C@@H](C)Cn3cncn3)c2)cn1. The molecule has 0 bridgehead atoms. The molecule has 14 heteroatoms. The van der Waals surface area contributed by atoms with Crippen LogP contribution in [0.3, 0.4) is 0 Å². The number of ether oxygens (including phenoxy) is 2. The molecule has 0 unspecified atom stereocenters. The van der Waals surface area contributed by atoms with Gasteiger partial charge >= 0.3 is 0 Å². The number of nitrogens with one attached hydrogen (secondary N) is 1. The Kier molecular flexibility index (Phi) is 8.53. The van der Waals surface area contributed by atoms with Crippen molar-refractivity contribution in [2.24, 2.45) is 0 Å². The van der Waals surface area contributed by atoms with Crippen LogP contribution >= 0.6 is 10.6 Å². The molecule has 0 saturated carbocycles. The smallest absolute Gasteiger partial charge is 0.254 e. The number of benzene rings is 2. The fraction of sp³-hybridized carbons (Fsp3) is 0.286. The molecule has 0 aliphatic carbocycles. The molecule has 3 N–H and O–H groups in total. The highest BCUT2D eigenvalue weighted by molar-refractivity contribution is 8.24. The van der Waals surface area contributed by atoms with E-state index in [2.05, 4.69) is 31.4 Å². The molecule has 1 fully saturated rings. The van der Waals surface area contributed by atoms with Crippen molar-refractivity contribution >= 4 is 28.1 Å². The number of hydrogen-bond donors (Lipinski definition) is 3. The topological polar surface area (TPSA) is 172 Å². The Hall–Kier alpha value is -4.71. The summed E-state index contributed by atoms with van der Waals surface area (Å²) in [5.41, 5.74) is 2.92. The molecule has 42 heavy (non-hydrogen) atoms. The Morgan fingerprint density at radius 3 is 2.55 bits per heavy atom. The monoisotopic (exact) mass is 590 g/mol. The van der Waals surface area contributed by atoms with Gasteiger partial charge in [-0.3, -0.25) is 13.9 Å². The Balaban J connectivity index is 1.27. The molecule has 2 aromatic carbocycles. The van der Waals surface area contributed by atoms with E-state index in [4.69, 9.17) is 9.47 Å². The van der Waals surface area contributed by atoms with Crippen molar-refractivity contribution in [1.82, 2.24) is 29.6 Å². The summed E-state index contributed by atoms with van der Waals surface area (Å²) >= 11 is 0. The van der Waals surface area contributed by atoms with Crippen molar-refractivity contribution in [2.75, 3.05) is 37.0 Å². The van der Waals surface area contributed by atoms with Gasteiger partial charge in [0.1, 0.15) is 36.3 Å². The lowest BCUT2D eigenvalue weighted by molar-refractivity contribution is 0.0767. The lowest BCUT2D eigenvalue weighted by Crippen LogP contribution is -2.42. The molecule has 1 amide bonds. The van der Waals surface area contributed by atoms with Gasteiger partial charge in [0.2, 0.25) is 5.95 Å². The zero-order chi connectivity index (χ0) is 29.7. The van der Waals surface area contributed by atoms with Crippen LogP contribution < -0.4 is 14.8 Å². The number of methoxy groups -OCH3 is 1. The second-order valence-corrected chi connectivity index (χ2v) is 12.1. The van der Waals surface area contributed by atoms with Gasteiger partial charge in [0.05, 0.1) is 36.4 Å². The van der Waals surface area contributed by atoms with E-state index >= 15 is 0 Å². The van der Waals surface area contributed by atoms with Crippen molar-refractivity contribution in [3.8, 4) is 28.7 Å². The normalized spacial score (nSPS) is 15.7. The standard InChI is InChI=1S/C28H30N8O5S/c1-19(16-36-18-30-17-33-36)41-25-11-20(3-4-22(25)13-29)23-14-31-28(32-15-23)34-24-6-5-21(12-26(24)40-2)27(37)35-7-9-42(38,39)10-8-35/h3-6,11-12,14-15,17-19,38-39H,7-10,16H2,1-2H3,(H,31,32,34)/t19-/m0/s1. The highest BCUT2D eigenvalue weighted by atomic mass is 32.3. The summed E-state index contributed by atoms with van der Waals surface area (Å²) < 4.78 is 32.9. The lowest BCUT2D eigenvalue weighted by Gasteiger charge is -2.40. The van der Waals surface area contributed by atoms with Crippen LogP contribution in [0, 0.1) is 11.3 Å². The molecule has 4 aromatic rings. The van der Waals surface area contributed by atoms with Crippen molar-refractivity contribution in [1.29, 1.82) is 5.26 Å². The molecule has 1 aliphatic heterocycles. The highest BCUT2D eigenvalue weighted by Crippen LogP contribution is 2.40. The summed E-state index contributed by atoms with van der Waals surface area (Å²) in [6.07, 6.45) is 6.12. The maximum Gasteiger partial charge on any atom is 0.254 e. The number of anilines is 2. The van der Waals surface area contributed by atoms with Gasteiger partial charge in [-0.2, -0.15) is 21.0 Å². The molecular weight excluding hydrogens is 560 g/mol. The summed E-state index contributed by atoms with van der Waals surface area (Å²) in [5.74, 6) is 1.37.